The second kappa shape index (κ2) is 5.88. The van der Waals surface area contributed by atoms with E-state index in [1.165, 1.54) is 6.07 Å². The first-order chi connectivity index (χ1) is 9.04. The van der Waals surface area contributed by atoms with Crippen LogP contribution in [0, 0.1) is 5.82 Å². The SMILES string of the molecule is CCN1CCN(c2cccc(F)c2C(C)O)CC1C. The molecule has 1 aliphatic rings. The first kappa shape index (κ1) is 14.3. The van der Waals surface area contributed by atoms with Crippen molar-refractivity contribution in [3.8, 4) is 0 Å². The van der Waals surface area contributed by atoms with Gasteiger partial charge >= 0.3 is 0 Å². The van der Waals surface area contributed by atoms with Crippen LogP contribution in [-0.2, 0) is 0 Å². The average Bonchev–Trinajstić information content (AvgIpc) is 2.37. The second-order valence-electron chi connectivity index (χ2n) is 5.27. The lowest BCUT2D eigenvalue weighted by atomic mass is 10.0. The minimum absolute atomic E-state index is 0.321. The normalized spacial score (nSPS) is 22.6. The van der Waals surface area contributed by atoms with Crippen LogP contribution in [0.25, 0.3) is 0 Å². The summed E-state index contributed by atoms with van der Waals surface area (Å²) in [5.41, 5.74) is 1.25. The molecule has 3 nitrogen and oxygen atoms in total. The van der Waals surface area contributed by atoms with E-state index in [9.17, 15) is 9.50 Å². The van der Waals surface area contributed by atoms with Crippen molar-refractivity contribution >= 4 is 5.69 Å². The molecule has 1 N–H and O–H groups in total. The highest BCUT2D eigenvalue weighted by Gasteiger charge is 2.25. The summed E-state index contributed by atoms with van der Waals surface area (Å²) in [6, 6.07) is 5.48. The Morgan fingerprint density at radius 2 is 2.16 bits per heavy atom. The summed E-state index contributed by atoms with van der Waals surface area (Å²) >= 11 is 0. The molecule has 0 aliphatic carbocycles. The monoisotopic (exact) mass is 266 g/mol. The topological polar surface area (TPSA) is 26.7 Å². The molecule has 0 radical (unpaired) electrons. The smallest absolute Gasteiger partial charge is 0.131 e. The van der Waals surface area contributed by atoms with Crippen molar-refractivity contribution in [1.29, 1.82) is 0 Å². The summed E-state index contributed by atoms with van der Waals surface area (Å²) < 4.78 is 13.9. The molecule has 0 saturated carbocycles. The molecule has 0 spiro atoms. The van der Waals surface area contributed by atoms with Crippen molar-refractivity contribution in [3.05, 3.63) is 29.6 Å². The Morgan fingerprint density at radius 1 is 1.42 bits per heavy atom. The fourth-order valence-corrected chi connectivity index (χ4v) is 2.90. The van der Waals surface area contributed by atoms with E-state index in [4.69, 9.17) is 0 Å². The Kier molecular flexibility index (Phi) is 4.42. The number of benzene rings is 1. The largest absolute Gasteiger partial charge is 0.389 e. The van der Waals surface area contributed by atoms with Gasteiger partial charge in [-0.3, -0.25) is 4.90 Å². The fourth-order valence-electron chi connectivity index (χ4n) is 2.90. The van der Waals surface area contributed by atoms with Crippen LogP contribution in [0.4, 0.5) is 10.1 Å². The predicted octanol–water partition coefficient (Wildman–Crippen LogP) is 2.41. The summed E-state index contributed by atoms with van der Waals surface area (Å²) in [7, 11) is 0. The number of halogens is 1. The lowest BCUT2D eigenvalue weighted by Gasteiger charge is -2.41. The van der Waals surface area contributed by atoms with E-state index in [1.807, 2.05) is 6.07 Å². The van der Waals surface area contributed by atoms with Crippen LogP contribution in [0.5, 0.6) is 0 Å². The molecule has 1 aromatic carbocycles. The van der Waals surface area contributed by atoms with Crippen molar-refractivity contribution in [2.75, 3.05) is 31.1 Å². The van der Waals surface area contributed by atoms with Gasteiger partial charge in [0.1, 0.15) is 5.82 Å². The van der Waals surface area contributed by atoms with Crippen LogP contribution in [0.15, 0.2) is 18.2 Å². The summed E-state index contributed by atoms with van der Waals surface area (Å²) in [5.74, 6) is -0.321. The average molecular weight is 266 g/mol. The lowest BCUT2D eigenvalue weighted by Crippen LogP contribution is -2.52. The van der Waals surface area contributed by atoms with E-state index in [0.717, 1.165) is 31.9 Å². The number of rotatable bonds is 3. The van der Waals surface area contributed by atoms with Crippen LogP contribution in [0.2, 0.25) is 0 Å². The molecule has 0 aromatic heterocycles. The molecule has 0 amide bonds. The molecule has 2 atom stereocenters. The van der Waals surface area contributed by atoms with Gasteiger partial charge in [0.05, 0.1) is 6.10 Å². The van der Waals surface area contributed by atoms with Crippen LogP contribution in [0.3, 0.4) is 0 Å². The van der Waals surface area contributed by atoms with Gasteiger partial charge in [-0.25, -0.2) is 4.39 Å². The Labute approximate surface area is 114 Å². The summed E-state index contributed by atoms with van der Waals surface area (Å²) in [6.07, 6.45) is -0.782. The molecule has 1 heterocycles. The minimum atomic E-state index is -0.782. The highest BCUT2D eigenvalue weighted by molar-refractivity contribution is 5.55. The molecule has 4 heteroatoms. The zero-order valence-electron chi connectivity index (χ0n) is 11.9. The van der Waals surface area contributed by atoms with E-state index in [0.29, 0.717) is 11.6 Å². The van der Waals surface area contributed by atoms with E-state index in [1.54, 1.807) is 13.0 Å². The number of aliphatic hydroxyl groups is 1. The van der Waals surface area contributed by atoms with Gasteiger partial charge in [0, 0.05) is 36.9 Å². The Balaban J connectivity index is 2.26. The molecule has 19 heavy (non-hydrogen) atoms. The van der Waals surface area contributed by atoms with Crippen LogP contribution >= 0.6 is 0 Å². The number of nitrogens with zero attached hydrogens (tertiary/aromatic N) is 2. The highest BCUT2D eigenvalue weighted by atomic mass is 19.1. The number of anilines is 1. The van der Waals surface area contributed by atoms with E-state index in [2.05, 4.69) is 23.6 Å². The van der Waals surface area contributed by atoms with Crippen molar-refractivity contribution in [2.24, 2.45) is 0 Å². The Hall–Kier alpha value is -1.13. The van der Waals surface area contributed by atoms with Gasteiger partial charge < -0.3 is 10.0 Å². The molecular formula is C15H23FN2O. The number of hydrogen-bond donors (Lipinski definition) is 1. The van der Waals surface area contributed by atoms with Gasteiger partial charge in [-0.05, 0) is 32.5 Å². The third-order valence-electron chi connectivity index (χ3n) is 3.96. The van der Waals surface area contributed by atoms with Gasteiger partial charge in [-0.1, -0.05) is 13.0 Å². The molecule has 1 saturated heterocycles. The number of aliphatic hydroxyl groups excluding tert-OH is 1. The lowest BCUT2D eigenvalue weighted by molar-refractivity contribution is 0.189. The molecule has 2 unspecified atom stereocenters. The van der Waals surface area contributed by atoms with E-state index >= 15 is 0 Å². The highest BCUT2D eigenvalue weighted by Crippen LogP contribution is 2.30. The maximum absolute atomic E-state index is 13.9. The second-order valence-corrected chi connectivity index (χ2v) is 5.27. The number of hydrogen-bond acceptors (Lipinski definition) is 3. The van der Waals surface area contributed by atoms with Gasteiger partial charge in [-0.15, -0.1) is 0 Å². The Bertz CT molecular complexity index is 436. The summed E-state index contributed by atoms with van der Waals surface area (Å²) in [4.78, 5) is 4.60. The standard InChI is InChI=1S/C15H23FN2O/c1-4-17-8-9-18(10-11(17)2)14-7-5-6-13(16)15(14)12(3)19/h5-7,11-12,19H,4,8-10H2,1-3H3. The third kappa shape index (κ3) is 2.90. The molecule has 1 aliphatic heterocycles. The maximum Gasteiger partial charge on any atom is 0.131 e. The molecule has 2 rings (SSSR count). The third-order valence-corrected chi connectivity index (χ3v) is 3.96. The van der Waals surface area contributed by atoms with Gasteiger partial charge in [0.25, 0.3) is 0 Å². The molecular weight excluding hydrogens is 243 g/mol. The van der Waals surface area contributed by atoms with Crippen LogP contribution in [0.1, 0.15) is 32.4 Å². The first-order valence-electron chi connectivity index (χ1n) is 7.00. The quantitative estimate of drug-likeness (QED) is 0.910. The molecule has 1 fully saturated rings. The first-order valence-corrected chi connectivity index (χ1v) is 7.00. The van der Waals surface area contributed by atoms with Crippen molar-refractivity contribution in [3.63, 3.8) is 0 Å². The molecule has 0 bridgehead atoms. The fraction of sp³-hybridized carbons (Fsp3) is 0.600. The summed E-state index contributed by atoms with van der Waals surface area (Å²) in [6.45, 7) is 9.74. The Morgan fingerprint density at radius 3 is 2.74 bits per heavy atom. The number of piperazine rings is 1. The van der Waals surface area contributed by atoms with Crippen molar-refractivity contribution < 1.29 is 9.50 Å². The molecule has 1 aromatic rings. The number of likely N-dealkylation sites (N-methyl/N-ethyl adjacent to an activating group) is 1. The summed E-state index contributed by atoms with van der Waals surface area (Å²) in [5, 5.41) is 9.80. The van der Waals surface area contributed by atoms with Gasteiger partial charge in [-0.2, -0.15) is 0 Å². The molecule has 106 valence electrons. The van der Waals surface area contributed by atoms with Crippen LogP contribution < -0.4 is 4.90 Å². The van der Waals surface area contributed by atoms with Crippen LogP contribution in [-0.4, -0.2) is 42.2 Å². The van der Waals surface area contributed by atoms with Gasteiger partial charge in [0.15, 0.2) is 0 Å². The van der Waals surface area contributed by atoms with Gasteiger partial charge in [0.2, 0.25) is 0 Å². The zero-order chi connectivity index (χ0) is 14.0. The van der Waals surface area contributed by atoms with E-state index in [-0.39, 0.29) is 5.82 Å². The predicted molar refractivity (Wildman–Crippen MR) is 76.0 cm³/mol. The van der Waals surface area contributed by atoms with Crippen molar-refractivity contribution in [1.82, 2.24) is 4.90 Å². The minimum Gasteiger partial charge on any atom is -0.389 e. The zero-order valence-corrected chi connectivity index (χ0v) is 11.9. The van der Waals surface area contributed by atoms with E-state index < -0.39 is 6.10 Å². The maximum atomic E-state index is 13.9. The van der Waals surface area contributed by atoms with Crippen molar-refractivity contribution in [2.45, 2.75) is 32.9 Å².